The van der Waals surface area contributed by atoms with Crippen LogP contribution in [0.4, 0.5) is 0 Å². The van der Waals surface area contributed by atoms with Crippen molar-refractivity contribution < 1.29 is 4.74 Å². The summed E-state index contributed by atoms with van der Waals surface area (Å²) in [6, 6.07) is 6.37. The van der Waals surface area contributed by atoms with Crippen LogP contribution in [-0.2, 0) is 11.2 Å². The number of guanidine groups is 1. The molecule has 1 heterocycles. The van der Waals surface area contributed by atoms with E-state index < -0.39 is 0 Å². The Balaban J connectivity index is 0.00000364. The van der Waals surface area contributed by atoms with Crippen LogP contribution in [0.2, 0.25) is 5.02 Å². The largest absolute Gasteiger partial charge is 0.385 e. The van der Waals surface area contributed by atoms with Crippen molar-refractivity contribution in [2.24, 2.45) is 4.99 Å². The predicted octanol–water partition coefficient (Wildman–Crippen LogP) is 3.93. The number of nitrogens with zero attached hydrogens (tertiary/aromatic N) is 2. The first-order chi connectivity index (χ1) is 12.6. The summed E-state index contributed by atoms with van der Waals surface area (Å²) in [5, 5.41) is 7.73. The number of aliphatic imine (C=N–C) groups is 1. The Bertz CT molecular complexity index is 583. The van der Waals surface area contributed by atoms with E-state index in [9.17, 15) is 0 Å². The molecule has 27 heavy (non-hydrogen) atoms. The van der Waals surface area contributed by atoms with Gasteiger partial charge in [0.25, 0.3) is 0 Å². The van der Waals surface area contributed by atoms with Crippen LogP contribution in [0.1, 0.15) is 24.8 Å². The van der Waals surface area contributed by atoms with E-state index in [4.69, 9.17) is 16.3 Å². The molecule has 1 aliphatic heterocycles. The SMILES string of the molecule is CN=C(NCCc1cc(Cl)ccc1Br)NC1CCN(CCCOC)CC1.I. The van der Waals surface area contributed by atoms with Gasteiger partial charge in [0.05, 0.1) is 0 Å². The number of methoxy groups -OCH3 is 1. The standard InChI is InChI=1S/C19H30BrClN4O.HI/c1-22-19(23-9-6-15-14-16(21)4-5-18(15)20)24-17-7-11-25(12-8-17)10-3-13-26-2;/h4-5,14,17H,3,6-13H2,1-2H3,(H2,22,23,24);1H. The molecule has 0 radical (unpaired) electrons. The highest BCUT2D eigenvalue weighted by Gasteiger charge is 2.19. The Morgan fingerprint density at radius 1 is 1.37 bits per heavy atom. The molecule has 0 aliphatic carbocycles. The molecular weight excluding hydrogens is 542 g/mol. The normalized spacial score (nSPS) is 16.1. The second-order valence-corrected chi connectivity index (χ2v) is 7.88. The van der Waals surface area contributed by atoms with E-state index in [0.29, 0.717) is 6.04 Å². The molecule has 154 valence electrons. The highest BCUT2D eigenvalue weighted by Crippen LogP contribution is 2.21. The van der Waals surface area contributed by atoms with Crippen LogP contribution in [0.25, 0.3) is 0 Å². The number of rotatable bonds is 8. The van der Waals surface area contributed by atoms with Gasteiger partial charge in [-0.25, -0.2) is 0 Å². The molecule has 1 aromatic rings. The Morgan fingerprint density at radius 3 is 2.78 bits per heavy atom. The minimum atomic E-state index is 0. The van der Waals surface area contributed by atoms with Gasteiger partial charge in [-0.3, -0.25) is 4.99 Å². The summed E-state index contributed by atoms with van der Waals surface area (Å²) in [5.74, 6) is 0.876. The number of hydrogen-bond donors (Lipinski definition) is 2. The number of ether oxygens (including phenoxy) is 1. The van der Waals surface area contributed by atoms with Gasteiger partial charge < -0.3 is 20.3 Å². The molecule has 0 amide bonds. The summed E-state index contributed by atoms with van der Waals surface area (Å²) in [5.41, 5.74) is 1.20. The summed E-state index contributed by atoms with van der Waals surface area (Å²) in [6.07, 6.45) is 4.29. The monoisotopic (exact) mass is 572 g/mol. The van der Waals surface area contributed by atoms with E-state index in [0.717, 1.165) is 73.9 Å². The lowest BCUT2D eigenvalue weighted by atomic mass is 10.1. The highest BCUT2D eigenvalue weighted by atomic mass is 127. The van der Waals surface area contributed by atoms with Gasteiger partial charge in [-0.2, -0.15) is 0 Å². The van der Waals surface area contributed by atoms with Crippen LogP contribution in [-0.4, -0.2) is 63.8 Å². The number of halogens is 3. The maximum Gasteiger partial charge on any atom is 0.191 e. The van der Waals surface area contributed by atoms with Crippen LogP contribution < -0.4 is 10.6 Å². The average molecular weight is 574 g/mol. The van der Waals surface area contributed by atoms with Crippen molar-refractivity contribution in [1.82, 2.24) is 15.5 Å². The van der Waals surface area contributed by atoms with Gasteiger partial charge in [-0.05, 0) is 49.4 Å². The van der Waals surface area contributed by atoms with E-state index in [1.165, 1.54) is 5.56 Å². The maximum absolute atomic E-state index is 6.08. The van der Waals surface area contributed by atoms with Gasteiger partial charge in [-0.1, -0.05) is 27.5 Å². The summed E-state index contributed by atoms with van der Waals surface area (Å²) in [4.78, 5) is 6.88. The molecular formula is C19H31BrClIN4O. The molecule has 0 aromatic heterocycles. The minimum Gasteiger partial charge on any atom is -0.385 e. The number of piperidine rings is 1. The van der Waals surface area contributed by atoms with Crippen LogP contribution >= 0.6 is 51.5 Å². The molecule has 0 atom stereocenters. The summed E-state index contributed by atoms with van der Waals surface area (Å²) >= 11 is 9.66. The summed E-state index contributed by atoms with van der Waals surface area (Å²) in [7, 11) is 3.59. The molecule has 8 heteroatoms. The molecule has 0 saturated carbocycles. The van der Waals surface area contributed by atoms with Crippen LogP contribution in [0.5, 0.6) is 0 Å². The number of benzene rings is 1. The van der Waals surface area contributed by atoms with Gasteiger partial charge in [0.2, 0.25) is 0 Å². The number of hydrogen-bond acceptors (Lipinski definition) is 3. The molecule has 1 saturated heterocycles. The first kappa shape index (κ1) is 24.9. The molecule has 0 bridgehead atoms. The third-order valence-corrected chi connectivity index (χ3v) is 5.68. The molecule has 0 spiro atoms. The van der Waals surface area contributed by atoms with Crippen molar-refractivity contribution in [3.63, 3.8) is 0 Å². The van der Waals surface area contributed by atoms with Crippen LogP contribution in [0, 0.1) is 0 Å². The Labute approximate surface area is 193 Å². The van der Waals surface area contributed by atoms with Crippen molar-refractivity contribution in [2.75, 3.05) is 46.9 Å². The second kappa shape index (κ2) is 14.0. The molecule has 0 unspecified atom stereocenters. The first-order valence-corrected chi connectivity index (χ1v) is 10.4. The zero-order valence-electron chi connectivity index (χ0n) is 16.1. The van der Waals surface area contributed by atoms with Gasteiger partial charge in [0.15, 0.2) is 5.96 Å². The minimum absolute atomic E-state index is 0. The molecule has 1 aromatic carbocycles. The number of likely N-dealkylation sites (tertiary alicyclic amines) is 1. The Hall–Kier alpha value is -0.0900. The maximum atomic E-state index is 6.08. The van der Waals surface area contributed by atoms with Crippen molar-refractivity contribution in [3.8, 4) is 0 Å². The van der Waals surface area contributed by atoms with Crippen molar-refractivity contribution in [3.05, 3.63) is 33.3 Å². The van der Waals surface area contributed by atoms with Gasteiger partial charge in [0.1, 0.15) is 0 Å². The second-order valence-electron chi connectivity index (χ2n) is 6.59. The van der Waals surface area contributed by atoms with E-state index in [1.54, 1.807) is 7.11 Å². The molecule has 5 nitrogen and oxygen atoms in total. The molecule has 2 rings (SSSR count). The third-order valence-electron chi connectivity index (χ3n) is 4.67. The van der Waals surface area contributed by atoms with Crippen LogP contribution in [0.3, 0.4) is 0 Å². The van der Waals surface area contributed by atoms with Crippen LogP contribution in [0.15, 0.2) is 27.7 Å². The van der Waals surface area contributed by atoms with Gasteiger partial charge in [0, 0.05) is 62.5 Å². The van der Waals surface area contributed by atoms with E-state index >= 15 is 0 Å². The first-order valence-electron chi connectivity index (χ1n) is 9.24. The Kier molecular flexibility index (Phi) is 12.9. The summed E-state index contributed by atoms with van der Waals surface area (Å²) < 4.78 is 6.22. The predicted molar refractivity (Wildman–Crippen MR) is 129 cm³/mol. The van der Waals surface area contributed by atoms with Gasteiger partial charge >= 0.3 is 0 Å². The zero-order chi connectivity index (χ0) is 18.8. The molecule has 2 N–H and O–H groups in total. The van der Waals surface area contributed by atoms with E-state index in [2.05, 4.69) is 36.5 Å². The number of nitrogens with one attached hydrogen (secondary N) is 2. The van der Waals surface area contributed by atoms with E-state index in [1.807, 2.05) is 25.2 Å². The topological polar surface area (TPSA) is 48.9 Å². The summed E-state index contributed by atoms with van der Waals surface area (Å²) in [6.45, 7) is 5.05. The smallest absolute Gasteiger partial charge is 0.191 e. The fourth-order valence-corrected chi connectivity index (χ4v) is 3.81. The Morgan fingerprint density at radius 2 is 2.11 bits per heavy atom. The van der Waals surface area contributed by atoms with Gasteiger partial charge in [-0.15, -0.1) is 24.0 Å². The lowest BCUT2D eigenvalue weighted by Crippen LogP contribution is -2.49. The van der Waals surface area contributed by atoms with Crippen molar-refractivity contribution in [1.29, 1.82) is 0 Å². The van der Waals surface area contributed by atoms with Crippen molar-refractivity contribution >= 4 is 57.5 Å². The zero-order valence-corrected chi connectivity index (χ0v) is 20.8. The molecule has 1 fully saturated rings. The fraction of sp³-hybridized carbons (Fsp3) is 0.632. The third kappa shape index (κ3) is 9.30. The highest BCUT2D eigenvalue weighted by molar-refractivity contribution is 14.0. The van der Waals surface area contributed by atoms with E-state index in [-0.39, 0.29) is 24.0 Å². The van der Waals surface area contributed by atoms with Crippen molar-refractivity contribution in [2.45, 2.75) is 31.7 Å². The lowest BCUT2D eigenvalue weighted by Gasteiger charge is -2.33. The quantitative estimate of drug-likeness (QED) is 0.214. The average Bonchev–Trinajstić information content (AvgIpc) is 2.65. The fourth-order valence-electron chi connectivity index (χ4n) is 3.17. The molecule has 1 aliphatic rings. The lowest BCUT2D eigenvalue weighted by molar-refractivity contribution is 0.155.